The molecule has 3 nitrogen and oxygen atoms in total. The predicted octanol–water partition coefficient (Wildman–Crippen LogP) is 3.17. The van der Waals surface area contributed by atoms with Crippen LogP contribution in [0.5, 0.6) is 0 Å². The van der Waals surface area contributed by atoms with Crippen molar-refractivity contribution >= 4 is 11.8 Å². The van der Waals surface area contributed by atoms with Crippen molar-refractivity contribution in [1.82, 2.24) is 15.1 Å². The van der Waals surface area contributed by atoms with Crippen LogP contribution in [0.1, 0.15) is 24.1 Å². The molecule has 0 aliphatic heterocycles. The first kappa shape index (κ1) is 14.2. The minimum Gasteiger partial charge on any atom is -0.309 e. The van der Waals surface area contributed by atoms with Crippen LogP contribution in [0.4, 0.5) is 0 Å². The van der Waals surface area contributed by atoms with Gasteiger partial charge in [-0.25, -0.2) is 0 Å². The number of thioether (sulfide) groups is 1. The predicted molar refractivity (Wildman–Crippen MR) is 81.5 cm³/mol. The molecule has 0 saturated carbocycles. The third kappa shape index (κ3) is 4.11. The summed E-state index contributed by atoms with van der Waals surface area (Å²) >= 11 is 1.88. The largest absolute Gasteiger partial charge is 0.309 e. The van der Waals surface area contributed by atoms with Crippen molar-refractivity contribution in [2.45, 2.75) is 24.8 Å². The molecule has 1 N–H and O–H groups in total. The quantitative estimate of drug-likeness (QED) is 0.821. The SMILES string of the molecule is CCNC(CSc1ccc(C)cc1)c1cnn(C)c1. The van der Waals surface area contributed by atoms with E-state index in [1.807, 2.05) is 29.7 Å². The van der Waals surface area contributed by atoms with Crippen molar-refractivity contribution in [3.05, 3.63) is 47.8 Å². The number of rotatable bonds is 6. The topological polar surface area (TPSA) is 29.9 Å². The van der Waals surface area contributed by atoms with E-state index in [0.29, 0.717) is 6.04 Å². The summed E-state index contributed by atoms with van der Waals surface area (Å²) in [6.07, 6.45) is 4.03. The minimum atomic E-state index is 0.352. The van der Waals surface area contributed by atoms with Crippen LogP contribution in [-0.4, -0.2) is 22.1 Å². The van der Waals surface area contributed by atoms with Crippen LogP contribution in [-0.2, 0) is 7.05 Å². The molecule has 0 aliphatic rings. The first-order valence-corrected chi connectivity index (χ1v) is 7.59. The fourth-order valence-electron chi connectivity index (χ4n) is 1.95. The highest BCUT2D eigenvalue weighted by Gasteiger charge is 2.12. The lowest BCUT2D eigenvalue weighted by molar-refractivity contribution is 0.605. The van der Waals surface area contributed by atoms with E-state index < -0.39 is 0 Å². The molecule has 1 atom stereocenters. The second-order valence-electron chi connectivity index (χ2n) is 4.68. The molecule has 4 heteroatoms. The summed E-state index contributed by atoms with van der Waals surface area (Å²) in [5, 5.41) is 7.77. The van der Waals surface area contributed by atoms with Gasteiger partial charge in [0.1, 0.15) is 0 Å². The van der Waals surface area contributed by atoms with Crippen LogP contribution in [0.3, 0.4) is 0 Å². The molecule has 0 fully saturated rings. The normalized spacial score (nSPS) is 12.6. The van der Waals surface area contributed by atoms with Gasteiger partial charge in [-0.15, -0.1) is 11.8 Å². The van der Waals surface area contributed by atoms with E-state index in [1.165, 1.54) is 16.0 Å². The maximum absolute atomic E-state index is 4.25. The molecule has 0 bridgehead atoms. The van der Waals surface area contributed by atoms with E-state index in [0.717, 1.165) is 12.3 Å². The molecule has 2 aromatic rings. The van der Waals surface area contributed by atoms with E-state index >= 15 is 0 Å². The zero-order valence-electron chi connectivity index (χ0n) is 11.8. The van der Waals surface area contributed by atoms with Crippen LogP contribution in [0, 0.1) is 6.92 Å². The van der Waals surface area contributed by atoms with Gasteiger partial charge in [-0.2, -0.15) is 5.10 Å². The zero-order chi connectivity index (χ0) is 13.7. The van der Waals surface area contributed by atoms with Gasteiger partial charge in [0.05, 0.1) is 6.20 Å². The summed E-state index contributed by atoms with van der Waals surface area (Å²) in [5.41, 5.74) is 2.56. The van der Waals surface area contributed by atoms with Crippen molar-refractivity contribution in [2.24, 2.45) is 7.05 Å². The zero-order valence-corrected chi connectivity index (χ0v) is 12.6. The first-order valence-electron chi connectivity index (χ1n) is 6.60. The summed E-state index contributed by atoms with van der Waals surface area (Å²) in [7, 11) is 1.96. The lowest BCUT2D eigenvalue weighted by Crippen LogP contribution is -2.22. The van der Waals surface area contributed by atoms with Crippen LogP contribution in [0.2, 0.25) is 0 Å². The van der Waals surface area contributed by atoms with E-state index in [-0.39, 0.29) is 0 Å². The highest BCUT2D eigenvalue weighted by atomic mass is 32.2. The molecule has 1 unspecified atom stereocenters. The van der Waals surface area contributed by atoms with Crippen molar-refractivity contribution < 1.29 is 0 Å². The Hall–Kier alpha value is -1.26. The van der Waals surface area contributed by atoms with E-state index in [1.54, 1.807) is 0 Å². The van der Waals surface area contributed by atoms with Crippen LogP contribution >= 0.6 is 11.8 Å². The minimum absolute atomic E-state index is 0.352. The second-order valence-corrected chi connectivity index (χ2v) is 5.78. The summed E-state index contributed by atoms with van der Waals surface area (Å²) in [6, 6.07) is 9.05. The van der Waals surface area contributed by atoms with Gasteiger partial charge in [-0.05, 0) is 25.6 Å². The van der Waals surface area contributed by atoms with Crippen LogP contribution < -0.4 is 5.32 Å². The van der Waals surface area contributed by atoms with Crippen LogP contribution in [0.25, 0.3) is 0 Å². The standard InChI is InChI=1S/C15H21N3S/c1-4-16-15(13-9-17-18(3)10-13)11-19-14-7-5-12(2)6-8-14/h5-10,15-16H,4,11H2,1-3H3. The lowest BCUT2D eigenvalue weighted by Gasteiger charge is -2.15. The molecule has 1 aromatic carbocycles. The number of benzene rings is 1. The average molecular weight is 275 g/mol. The molecule has 0 saturated heterocycles. The Morgan fingerprint density at radius 2 is 2.05 bits per heavy atom. The number of nitrogens with one attached hydrogen (secondary N) is 1. The summed E-state index contributed by atoms with van der Waals surface area (Å²) in [5.74, 6) is 1.02. The van der Waals surface area contributed by atoms with Gasteiger partial charge >= 0.3 is 0 Å². The molecule has 1 aromatic heterocycles. The third-order valence-corrected chi connectivity index (χ3v) is 4.12. The number of aromatic nitrogens is 2. The fourth-order valence-corrected chi connectivity index (χ4v) is 2.95. The van der Waals surface area contributed by atoms with Crippen molar-refractivity contribution in [3.63, 3.8) is 0 Å². The average Bonchev–Trinajstić information content (AvgIpc) is 2.83. The maximum Gasteiger partial charge on any atom is 0.0537 e. The number of hydrogen-bond acceptors (Lipinski definition) is 3. The molecule has 0 radical (unpaired) electrons. The summed E-state index contributed by atoms with van der Waals surface area (Å²) < 4.78 is 1.86. The molecule has 19 heavy (non-hydrogen) atoms. The van der Waals surface area contributed by atoms with Gasteiger partial charge in [0.15, 0.2) is 0 Å². The van der Waals surface area contributed by atoms with Gasteiger partial charge < -0.3 is 5.32 Å². The number of nitrogens with zero attached hydrogens (tertiary/aromatic N) is 2. The van der Waals surface area contributed by atoms with Gasteiger partial charge in [-0.1, -0.05) is 24.6 Å². The first-order chi connectivity index (χ1) is 9.19. The summed E-state index contributed by atoms with van der Waals surface area (Å²) in [6.45, 7) is 5.22. The second kappa shape index (κ2) is 6.78. The monoisotopic (exact) mass is 275 g/mol. The number of hydrogen-bond donors (Lipinski definition) is 1. The molecule has 1 heterocycles. The fraction of sp³-hybridized carbons (Fsp3) is 0.400. The smallest absolute Gasteiger partial charge is 0.0537 e. The molecular formula is C15H21N3S. The van der Waals surface area contributed by atoms with E-state index in [9.17, 15) is 0 Å². The Labute approximate surface area is 119 Å². The van der Waals surface area contributed by atoms with Gasteiger partial charge in [0, 0.05) is 35.5 Å². The van der Waals surface area contributed by atoms with E-state index in [4.69, 9.17) is 0 Å². The Bertz CT molecular complexity index is 504. The Morgan fingerprint density at radius 1 is 1.32 bits per heavy atom. The van der Waals surface area contributed by atoms with Gasteiger partial charge in [-0.3, -0.25) is 4.68 Å². The van der Waals surface area contributed by atoms with Gasteiger partial charge in [0.25, 0.3) is 0 Å². The Balaban J connectivity index is 1.99. The van der Waals surface area contributed by atoms with Crippen molar-refractivity contribution in [1.29, 1.82) is 0 Å². The highest BCUT2D eigenvalue weighted by Crippen LogP contribution is 2.24. The van der Waals surface area contributed by atoms with E-state index in [2.05, 4.69) is 54.7 Å². The number of aryl methyl sites for hydroxylation is 2. The molecule has 2 rings (SSSR count). The molecule has 0 aliphatic carbocycles. The Kier molecular flexibility index (Phi) is 5.05. The third-order valence-electron chi connectivity index (χ3n) is 3.02. The molecule has 0 amide bonds. The van der Waals surface area contributed by atoms with Crippen molar-refractivity contribution in [3.8, 4) is 0 Å². The van der Waals surface area contributed by atoms with Crippen LogP contribution in [0.15, 0.2) is 41.6 Å². The molecule has 0 spiro atoms. The van der Waals surface area contributed by atoms with Gasteiger partial charge in [0.2, 0.25) is 0 Å². The molecular weight excluding hydrogens is 254 g/mol. The van der Waals surface area contributed by atoms with Crippen molar-refractivity contribution in [2.75, 3.05) is 12.3 Å². The Morgan fingerprint density at radius 3 is 2.63 bits per heavy atom. The highest BCUT2D eigenvalue weighted by molar-refractivity contribution is 7.99. The lowest BCUT2D eigenvalue weighted by atomic mass is 10.2. The summed E-state index contributed by atoms with van der Waals surface area (Å²) in [4.78, 5) is 1.32. The maximum atomic E-state index is 4.25. The molecule has 102 valence electrons.